The van der Waals surface area contributed by atoms with Crippen LogP contribution in [-0.4, -0.2) is 14.2 Å². The normalized spacial score (nSPS) is 12.0. The molecule has 0 aliphatic rings. The van der Waals surface area contributed by atoms with Crippen LogP contribution in [0.25, 0.3) is 0 Å². The van der Waals surface area contributed by atoms with Crippen molar-refractivity contribution in [3.05, 3.63) is 53.6 Å². The van der Waals surface area contributed by atoms with E-state index < -0.39 is 0 Å². The predicted octanol–water partition coefficient (Wildman–Crippen LogP) is 4.47. The van der Waals surface area contributed by atoms with Crippen molar-refractivity contribution in [3.8, 4) is 17.2 Å². The number of methoxy groups -OCH3 is 1. The van der Waals surface area contributed by atoms with Gasteiger partial charge in [-0.15, -0.1) is 0 Å². The Kier molecular flexibility index (Phi) is 5.23. The second-order valence-corrected chi connectivity index (χ2v) is 5.08. The fourth-order valence-electron chi connectivity index (χ4n) is 2.39. The molecular formula is C18H23NO2. The monoisotopic (exact) mass is 285 g/mol. The second kappa shape index (κ2) is 7.14. The molecule has 2 aromatic carbocycles. The molecule has 1 N–H and O–H groups in total. The van der Waals surface area contributed by atoms with E-state index in [0.717, 1.165) is 29.2 Å². The summed E-state index contributed by atoms with van der Waals surface area (Å²) in [5.74, 6) is 2.31. The highest BCUT2D eigenvalue weighted by Crippen LogP contribution is 2.33. The van der Waals surface area contributed by atoms with Gasteiger partial charge in [-0.05, 0) is 55.8 Å². The molecule has 0 spiro atoms. The summed E-state index contributed by atoms with van der Waals surface area (Å²) in [5.41, 5.74) is 2.37. The van der Waals surface area contributed by atoms with Crippen LogP contribution in [0.15, 0.2) is 42.5 Å². The molecule has 0 saturated carbocycles. The summed E-state index contributed by atoms with van der Waals surface area (Å²) in [6, 6.07) is 14.4. The molecule has 0 aliphatic carbocycles. The molecule has 0 amide bonds. The smallest absolute Gasteiger partial charge is 0.169 e. The van der Waals surface area contributed by atoms with Gasteiger partial charge in [-0.3, -0.25) is 0 Å². The van der Waals surface area contributed by atoms with Crippen LogP contribution in [0.5, 0.6) is 17.2 Å². The minimum atomic E-state index is 0.341. The Balaban J connectivity index is 2.26. The summed E-state index contributed by atoms with van der Waals surface area (Å²) in [6.45, 7) is 4.20. The molecule has 0 heterocycles. The summed E-state index contributed by atoms with van der Waals surface area (Å²) in [5, 5.41) is 3.31. The van der Waals surface area contributed by atoms with Crippen LogP contribution >= 0.6 is 0 Å². The molecule has 1 unspecified atom stereocenters. The highest BCUT2D eigenvalue weighted by molar-refractivity contribution is 5.45. The summed E-state index contributed by atoms with van der Waals surface area (Å²) in [7, 11) is 3.64. The molecule has 0 aliphatic heterocycles. The van der Waals surface area contributed by atoms with E-state index in [1.54, 1.807) is 7.11 Å². The molecule has 0 saturated heterocycles. The average Bonchev–Trinajstić information content (AvgIpc) is 2.51. The van der Waals surface area contributed by atoms with Gasteiger partial charge in [0.2, 0.25) is 0 Å². The van der Waals surface area contributed by atoms with E-state index in [1.165, 1.54) is 5.56 Å². The van der Waals surface area contributed by atoms with Gasteiger partial charge in [0, 0.05) is 6.04 Å². The highest BCUT2D eigenvalue weighted by Gasteiger charge is 2.09. The highest BCUT2D eigenvalue weighted by atomic mass is 16.5. The number of benzene rings is 2. The van der Waals surface area contributed by atoms with Crippen LogP contribution in [0.1, 0.15) is 30.5 Å². The van der Waals surface area contributed by atoms with Crippen LogP contribution < -0.4 is 14.8 Å². The zero-order valence-electron chi connectivity index (χ0n) is 13.1. The first-order valence-corrected chi connectivity index (χ1v) is 7.27. The molecular weight excluding hydrogens is 262 g/mol. The van der Waals surface area contributed by atoms with Crippen molar-refractivity contribution in [2.45, 2.75) is 26.3 Å². The number of aryl methyl sites for hydroxylation is 1. The van der Waals surface area contributed by atoms with Gasteiger partial charge < -0.3 is 14.8 Å². The SMILES string of the molecule is CCC(NC)c1cccc(Oc2ccc(C)cc2OC)c1. The van der Waals surface area contributed by atoms with Gasteiger partial charge >= 0.3 is 0 Å². The van der Waals surface area contributed by atoms with E-state index in [9.17, 15) is 0 Å². The third kappa shape index (κ3) is 3.76. The molecule has 0 radical (unpaired) electrons. The molecule has 3 nitrogen and oxygen atoms in total. The molecule has 3 heteroatoms. The number of hydrogen-bond donors (Lipinski definition) is 1. The Hall–Kier alpha value is -2.00. The lowest BCUT2D eigenvalue weighted by molar-refractivity contribution is 0.378. The molecule has 1 atom stereocenters. The average molecular weight is 285 g/mol. The molecule has 112 valence electrons. The van der Waals surface area contributed by atoms with Gasteiger partial charge in [-0.1, -0.05) is 25.1 Å². The lowest BCUT2D eigenvalue weighted by Gasteiger charge is -2.16. The number of rotatable bonds is 6. The van der Waals surface area contributed by atoms with E-state index >= 15 is 0 Å². The lowest BCUT2D eigenvalue weighted by atomic mass is 10.0. The van der Waals surface area contributed by atoms with Crippen LogP contribution in [-0.2, 0) is 0 Å². The van der Waals surface area contributed by atoms with Crippen molar-refractivity contribution in [2.75, 3.05) is 14.2 Å². The van der Waals surface area contributed by atoms with Crippen molar-refractivity contribution < 1.29 is 9.47 Å². The lowest BCUT2D eigenvalue weighted by Crippen LogP contribution is -2.14. The number of ether oxygens (including phenoxy) is 2. The van der Waals surface area contributed by atoms with E-state index in [0.29, 0.717) is 6.04 Å². The predicted molar refractivity (Wildman–Crippen MR) is 86.3 cm³/mol. The first-order chi connectivity index (χ1) is 10.2. The van der Waals surface area contributed by atoms with Crippen molar-refractivity contribution >= 4 is 0 Å². The maximum Gasteiger partial charge on any atom is 0.169 e. The fourth-order valence-corrected chi connectivity index (χ4v) is 2.39. The Morgan fingerprint density at radius 3 is 2.57 bits per heavy atom. The largest absolute Gasteiger partial charge is 0.493 e. The van der Waals surface area contributed by atoms with Crippen molar-refractivity contribution in [1.29, 1.82) is 0 Å². The van der Waals surface area contributed by atoms with Gasteiger partial charge in [-0.25, -0.2) is 0 Å². The Morgan fingerprint density at radius 1 is 1.10 bits per heavy atom. The van der Waals surface area contributed by atoms with Crippen LogP contribution in [0.2, 0.25) is 0 Å². The fraction of sp³-hybridized carbons (Fsp3) is 0.333. The van der Waals surface area contributed by atoms with Crippen molar-refractivity contribution in [1.82, 2.24) is 5.32 Å². The summed E-state index contributed by atoms with van der Waals surface area (Å²) in [6.07, 6.45) is 1.04. The van der Waals surface area contributed by atoms with Crippen molar-refractivity contribution in [2.24, 2.45) is 0 Å². The maximum absolute atomic E-state index is 5.98. The topological polar surface area (TPSA) is 30.5 Å². The van der Waals surface area contributed by atoms with E-state index in [4.69, 9.17) is 9.47 Å². The number of nitrogens with one attached hydrogen (secondary N) is 1. The first kappa shape index (κ1) is 15.4. The Bertz CT molecular complexity index is 592. The molecule has 2 rings (SSSR count). The van der Waals surface area contributed by atoms with Crippen LogP contribution in [0, 0.1) is 6.92 Å². The molecule has 0 aromatic heterocycles. The standard InChI is InChI=1S/C18H23NO2/c1-5-16(19-3)14-7-6-8-15(12-14)21-17-10-9-13(2)11-18(17)20-4/h6-12,16,19H,5H2,1-4H3. The minimum Gasteiger partial charge on any atom is -0.493 e. The zero-order valence-corrected chi connectivity index (χ0v) is 13.1. The third-order valence-electron chi connectivity index (χ3n) is 3.56. The van der Waals surface area contributed by atoms with E-state index in [2.05, 4.69) is 24.4 Å². The first-order valence-electron chi connectivity index (χ1n) is 7.27. The summed E-state index contributed by atoms with van der Waals surface area (Å²) in [4.78, 5) is 0. The summed E-state index contributed by atoms with van der Waals surface area (Å²) >= 11 is 0. The Labute approximate surface area is 126 Å². The van der Waals surface area contributed by atoms with E-state index in [1.807, 2.05) is 44.3 Å². The third-order valence-corrected chi connectivity index (χ3v) is 3.56. The quantitative estimate of drug-likeness (QED) is 0.849. The van der Waals surface area contributed by atoms with Gasteiger partial charge in [0.15, 0.2) is 11.5 Å². The molecule has 2 aromatic rings. The maximum atomic E-state index is 5.98. The van der Waals surface area contributed by atoms with Crippen molar-refractivity contribution in [3.63, 3.8) is 0 Å². The van der Waals surface area contributed by atoms with Crippen LogP contribution in [0.3, 0.4) is 0 Å². The molecule has 0 fully saturated rings. The van der Waals surface area contributed by atoms with Crippen LogP contribution in [0.4, 0.5) is 0 Å². The summed E-state index contributed by atoms with van der Waals surface area (Å²) < 4.78 is 11.4. The van der Waals surface area contributed by atoms with Gasteiger partial charge in [0.1, 0.15) is 5.75 Å². The van der Waals surface area contributed by atoms with Gasteiger partial charge in [0.05, 0.1) is 7.11 Å². The van der Waals surface area contributed by atoms with E-state index in [-0.39, 0.29) is 0 Å². The minimum absolute atomic E-state index is 0.341. The molecule has 21 heavy (non-hydrogen) atoms. The number of hydrogen-bond acceptors (Lipinski definition) is 3. The van der Waals surface area contributed by atoms with Gasteiger partial charge in [-0.2, -0.15) is 0 Å². The zero-order chi connectivity index (χ0) is 15.2. The molecule has 0 bridgehead atoms. The Morgan fingerprint density at radius 2 is 1.90 bits per heavy atom. The second-order valence-electron chi connectivity index (χ2n) is 5.08. The van der Waals surface area contributed by atoms with Gasteiger partial charge in [0.25, 0.3) is 0 Å².